The molecule has 0 saturated carbocycles. The molecular weight excluding hydrogens is 563 g/mol. The van der Waals surface area contributed by atoms with Crippen LogP contribution < -0.4 is 5.32 Å². The molecule has 230 valence electrons. The van der Waals surface area contributed by atoms with E-state index in [1.165, 1.54) is 16.7 Å². The van der Waals surface area contributed by atoms with Crippen molar-refractivity contribution in [2.45, 2.75) is 38.7 Å². The van der Waals surface area contributed by atoms with Gasteiger partial charge in [0.1, 0.15) is 29.7 Å². The molecular formula is C31H36F3N5O4. The molecule has 0 spiro atoms. The van der Waals surface area contributed by atoms with Crippen LogP contribution in [0.5, 0.6) is 0 Å². The summed E-state index contributed by atoms with van der Waals surface area (Å²) in [6.45, 7) is 4.46. The highest BCUT2D eigenvalue weighted by Crippen LogP contribution is 2.38. The highest BCUT2D eigenvalue weighted by atomic mass is 19.1. The maximum atomic E-state index is 15.0. The molecule has 2 aromatic carbocycles. The number of halogens is 3. The quantitative estimate of drug-likeness (QED) is 0.368. The van der Waals surface area contributed by atoms with Crippen LogP contribution in [0.15, 0.2) is 54.7 Å². The molecule has 0 unspecified atom stereocenters. The molecule has 43 heavy (non-hydrogen) atoms. The Bertz CT molecular complexity index is 1430. The average Bonchev–Trinajstić information content (AvgIpc) is 3.56. The van der Waals surface area contributed by atoms with Gasteiger partial charge in [-0.25, -0.2) is 22.9 Å². The summed E-state index contributed by atoms with van der Waals surface area (Å²) in [7, 11) is 0. The molecule has 2 N–H and O–H groups in total. The molecule has 1 aromatic heterocycles. The van der Waals surface area contributed by atoms with Crippen LogP contribution in [0.4, 0.5) is 18.0 Å². The molecule has 9 nitrogen and oxygen atoms in total. The van der Waals surface area contributed by atoms with Gasteiger partial charge in [0.05, 0.1) is 18.3 Å². The summed E-state index contributed by atoms with van der Waals surface area (Å²) in [5.74, 6) is -2.46. The number of benzene rings is 2. The molecule has 4 atom stereocenters. The number of likely N-dealkylation sites (tertiary alicyclic amines) is 1. The Morgan fingerprint density at radius 1 is 1.16 bits per heavy atom. The number of carbonyl (C=O) groups excluding carboxylic acids is 2. The largest absolute Gasteiger partial charge is 0.450 e. The van der Waals surface area contributed by atoms with Gasteiger partial charge in [0.2, 0.25) is 0 Å². The van der Waals surface area contributed by atoms with Crippen LogP contribution >= 0.6 is 0 Å². The van der Waals surface area contributed by atoms with E-state index in [2.05, 4.69) is 5.32 Å². The van der Waals surface area contributed by atoms with Gasteiger partial charge in [-0.3, -0.25) is 4.79 Å². The number of hydrogen-bond acceptors (Lipinski definition) is 6. The molecule has 2 fully saturated rings. The van der Waals surface area contributed by atoms with E-state index in [0.29, 0.717) is 18.9 Å². The van der Waals surface area contributed by atoms with Gasteiger partial charge in [-0.1, -0.05) is 30.3 Å². The van der Waals surface area contributed by atoms with Crippen molar-refractivity contribution in [3.8, 4) is 11.3 Å². The van der Waals surface area contributed by atoms with Crippen LogP contribution in [0.2, 0.25) is 0 Å². The zero-order valence-electron chi connectivity index (χ0n) is 24.1. The fraction of sp³-hybridized carbons (Fsp3) is 0.452. The monoisotopic (exact) mass is 599 g/mol. The van der Waals surface area contributed by atoms with Crippen molar-refractivity contribution in [2.75, 3.05) is 39.3 Å². The number of ether oxygens (including phenoxy) is 1. The zero-order chi connectivity index (χ0) is 30.7. The number of carbonyl (C=O) groups is 2. The maximum absolute atomic E-state index is 15.0. The van der Waals surface area contributed by atoms with E-state index in [1.54, 1.807) is 17.7 Å². The fourth-order valence-electron chi connectivity index (χ4n) is 5.79. The standard InChI is InChI=1S/C31H36F3N5O4/c1-3-43-31(42)38-15-22(16-38)28(39(30(41)19(2)40)17-21-12-35-13-26(21)34)29-36-27(24-11-23(32)9-10-25(24)33)18-37(29)14-20-7-5-4-6-8-20/h4-11,18-19,21-22,26,28,35,40H,3,12-17H2,1-2H3/t19-,21-,26-,28+/m0/s1. The zero-order valence-corrected chi connectivity index (χ0v) is 24.1. The van der Waals surface area contributed by atoms with Crippen molar-refractivity contribution in [1.82, 2.24) is 24.7 Å². The van der Waals surface area contributed by atoms with Crippen LogP contribution in [0, 0.1) is 23.5 Å². The van der Waals surface area contributed by atoms with Gasteiger partial charge in [0, 0.05) is 62.9 Å². The van der Waals surface area contributed by atoms with Gasteiger partial charge in [-0.2, -0.15) is 0 Å². The van der Waals surface area contributed by atoms with Crippen molar-refractivity contribution in [3.63, 3.8) is 0 Å². The Labute approximate surface area is 248 Å². The van der Waals surface area contributed by atoms with Gasteiger partial charge in [0.25, 0.3) is 5.91 Å². The van der Waals surface area contributed by atoms with E-state index in [1.807, 2.05) is 30.3 Å². The van der Waals surface area contributed by atoms with E-state index < -0.39 is 47.9 Å². The van der Waals surface area contributed by atoms with Gasteiger partial charge in [-0.15, -0.1) is 0 Å². The lowest BCUT2D eigenvalue weighted by molar-refractivity contribution is -0.146. The first-order chi connectivity index (χ1) is 20.7. The van der Waals surface area contributed by atoms with Crippen LogP contribution in [0.3, 0.4) is 0 Å². The molecule has 2 saturated heterocycles. The molecule has 12 heteroatoms. The summed E-state index contributed by atoms with van der Waals surface area (Å²) in [6.07, 6.45) is -1.49. The lowest BCUT2D eigenvalue weighted by Crippen LogP contribution is -2.58. The summed E-state index contributed by atoms with van der Waals surface area (Å²) in [4.78, 5) is 33.8. The summed E-state index contributed by atoms with van der Waals surface area (Å²) in [5.41, 5.74) is 1.00. The lowest BCUT2D eigenvalue weighted by Gasteiger charge is -2.46. The van der Waals surface area contributed by atoms with Crippen LogP contribution in [-0.2, 0) is 16.1 Å². The molecule has 2 amide bonds. The molecule has 3 heterocycles. The number of aliphatic hydroxyl groups excluding tert-OH is 1. The summed E-state index contributed by atoms with van der Waals surface area (Å²) >= 11 is 0. The molecule has 0 bridgehead atoms. The summed E-state index contributed by atoms with van der Waals surface area (Å²) in [6, 6.07) is 11.7. The van der Waals surface area contributed by atoms with E-state index in [-0.39, 0.29) is 50.0 Å². The first-order valence-corrected chi connectivity index (χ1v) is 14.5. The third kappa shape index (κ3) is 6.70. The first-order valence-electron chi connectivity index (χ1n) is 14.5. The first kappa shape index (κ1) is 30.6. The Kier molecular flexibility index (Phi) is 9.36. The number of aromatic nitrogens is 2. The van der Waals surface area contributed by atoms with Crippen molar-refractivity contribution in [3.05, 3.63) is 77.8 Å². The van der Waals surface area contributed by atoms with Crippen molar-refractivity contribution < 1.29 is 32.6 Å². The number of alkyl halides is 1. The number of hydrogen-bond donors (Lipinski definition) is 2. The Hall–Kier alpha value is -3.90. The van der Waals surface area contributed by atoms with Crippen LogP contribution in [0.1, 0.15) is 31.3 Å². The number of rotatable bonds is 10. The van der Waals surface area contributed by atoms with E-state index in [4.69, 9.17) is 9.72 Å². The molecule has 5 rings (SSSR count). The maximum Gasteiger partial charge on any atom is 0.409 e. The smallest absolute Gasteiger partial charge is 0.409 e. The normalized spacial score (nSPS) is 20.0. The highest BCUT2D eigenvalue weighted by molar-refractivity contribution is 5.81. The van der Waals surface area contributed by atoms with Crippen LogP contribution in [-0.4, -0.2) is 88.1 Å². The minimum atomic E-state index is -1.39. The molecule has 0 aliphatic carbocycles. The third-order valence-corrected chi connectivity index (χ3v) is 8.02. The number of amides is 2. The van der Waals surface area contributed by atoms with Gasteiger partial charge in [0.15, 0.2) is 0 Å². The second-order valence-corrected chi connectivity index (χ2v) is 11.1. The molecule has 2 aliphatic heterocycles. The average molecular weight is 600 g/mol. The highest BCUT2D eigenvalue weighted by Gasteiger charge is 2.46. The predicted octanol–water partition coefficient (Wildman–Crippen LogP) is 3.77. The number of nitrogens with zero attached hydrogens (tertiary/aromatic N) is 4. The molecule has 2 aliphatic rings. The van der Waals surface area contributed by atoms with Gasteiger partial charge < -0.3 is 29.5 Å². The minimum absolute atomic E-state index is 0.0136. The number of nitrogens with one attached hydrogen (secondary N) is 1. The van der Waals surface area contributed by atoms with Gasteiger partial charge >= 0.3 is 6.09 Å². The van der Waals surface area contributed by atoms with E-state index in [0.717, 1.165) is 23.8 Å². The molecule has 3 aromatic rings. The van der Waals surface area contributed by atoms with E-state index >= 15 is 0 Å². The SMILES string of the molecule is CCOC(=O)N1CC([C@H](c2nc(-c3cc(F)ccc3F)cn2Cc2ccccc2)N(C[C@@H]2CNC[C@@H]2F)C(=O)[C@H](C)O)C1. The second kappa shape index (κ2) is 13.2. The summed E-state index contributed by atoms with van der Waals surface area (Å²) in [5, 5.41) is 13.5. The minimum Gasteiger partial charge on any atom is -0.450 e. The topological polar surface area (TPSA) is 99.9 Å². The Morgan fingerprint density at radius 2 is 1.91 bits per heavy atom. The predicted molar refractivity (Wildman–Crippen MR) is 153 cm³/mol. The van der Waals surface area contributed by atoms with Crippen molar-refractivity contribution in [2.24, 2.45) is 11.8 Å². The number of imidazole rings is 1. The van der Waals surface area contributed by atoms with Crippen molar-refractivity contribution >= 4 is 12.0 Å². The Morgan fingerprint density at radius 3 is 2.56 bits per heavy atom. The third-order valence-electron chi connectivity index (χ3n) is 8.02. The summed E-state index contributed by atoms with van der Waals surface area (Å²) < 4.78 is 51.0. The van der Waals surface area contributed by atoms with E-state index in [9.17, 15) is 27.9 Å². The van der Waals surface area contributed by atoms with Gasteiger partial charge in [-0.05, 0) is 37.6 Å². The fourth-order valence-corrected chi connectivity index (χ4v) is 5.79. The molecule has 0 radical (unpaired) electrons. The second-order valence-electron chi connectivity index (χ2n) is 11.1. The Balaban J connectivity index is 1.62. The van der Waals surface area contributed by atoms with Crippen molar-refractivity contribution in [1.29, 1.82) is 0 Å². The number of aliphatic hydroxyl groups is 1. The lowest BCUT2D eigenvalue weighted by atomic mass is 9.88. The van der Waals surface area contributed by atoms with Crippen LogP contribution in [0.25, 0.3) is 11.3 Å².